The Kier molecular flexibility index (Phi) is 3.29. The molecule has 0 amide bonds. The topological polar surface area (TPSA) is 29.5 Å². The van der Waals surface area contributed by atoms with E-state index >= 15 is 0 Å². The summed E-state index contributed by atoms with van der Waals surface area (Å²) in [6.45, 7) is 6.29. The molecule has 2 aromatic carbocycles. The summed E-state index contributed by atoms with van der Waals surface area (Å²) < 4.78 is 5.33. The Morgan fingerprint density at radius 3 is 2.38 bits per heavy atom. The van der Waals surface area contributed by atoms with Gasteiger partial charge in [-0.05, 0) is 79.1 Å². The van der Waals surface area contributed by atoms with E-state index in [0.717, 1.165) is 35.3 Å². The molecular weight excluding hydrogens is 260 g/mol. The molecule has 0 fully saturated rings. The van der Waals surface area contributed by atoms with Crippen molar-refractivity contribution < 1.29 is 9.84 Å². The highest BCUT2D eigenvalue weighted by atomic mass is 16.5. The Bertz CT molecular complexity index is 703. The quantitative estimate of drug-likeness (QED) is 0.907. The largest absolute Gasteiger partial charge is 0.497 e. The van der Waals surface area contributed by atoms with E-state index in [-0.39, 0.29) is 0 Å². The Morgan fingerprint density at radius 2 is 1.67 bits per heavy atom. The van der Waals surface area contributed by atoms with Crippen LogP contribution in [0.3, 0.4) is 0 Å². The van der Waals surface area contributed by atoms with Gasteiger partial charge < -0.3 is 9.84 Å². The van der Waals surface area contributed by atoms with E-state index in [0.29, 0.717) is 0 Å². The van der Waals surface area contributed by atoms with Gasteiger partial charge in [0.15, 0.2) is 0 Å². The standard InChI is InChI=1S/C19H22O2/c1-12-9-14(3)17(10-13(12)2)19(20)8-7-15-5-6-16(21-4)11-18(15)19/h5-6,9-11,20H,7-8H2,1-4H3. The molecule has 0 saturated heterocycles. The molecule has 0 aliphatic heterocycles. The first kappa shape index (κ1) is 14.2. The molecule has 0 radical (unpaired) electrons. The number of ether oxygens (including phenoxy) is 1. The van der Waals surface area contributed by atoms with Crippen LogP contribution in [0.25, 0.3) is 0 Å². The van der Waals surface area contributed by atoms with E-state index in [2.05, 4.69) is 39.0 Å². The molecule has 1 N–H and O–H groups in total. The lowest BCUT2D eigenvalue weighted by Gasteiger charge is -2.28. The Morgan fingerprint density at radius 1 is 0.952 bits per heavy atom. The van der Waals surface area contributed by atoms with E-state index in [9.17, 15) is 5.11 Å². The van der Waals surface area contributed by atoms with Gasteiger partial charge in [-0.2, -0.15) is 0 Å². The van der Waals surface area contributed by atoms with E-state index in [1.54, 1.807) is 7.11 Å². The van der Waals surface area contributed by atoms with E-state index in [1.165, 1.54) is 16.7 Å². The molecule has 2 nitrogen and oxygen atoms in total. The average molecular weight is 282 g/mol. The highest BCUT2D eigenvalue weighted by Crippen LogP contribution is 2.44. The number of benzene rings is 2. The van der Waals surface area contributed by atoms with Gasteiger partial charge in [0.2, 0.25) is 0 Å². The lowest BCUT2D eigenvalue weighted by atomic mass is 9.83. The first-order chi connectivity index (χ1) is 9.95. The van der Waals surface area contributed by atoms with Crippen molar-refractivity contribution in [3.05, 3.63) is 63.7 Å². The minimum Gasteiger partial charge on any atom is -0.497 e. The number of aryl methyl sites for hydroxylation is 4. The van der Waals surface area contributed by atoms with Crippen molar-refractivity contribution in [2.45, 2.75) is 39.2 Å². The highest BCUT2D eigenvalue weighted by molar-refractivity contribution is 5.52. The number of hydrogen-bond acceptors (Lipinski definition) is 2. The number of hydrogen-bond donors (Lipinski definition) is 1. The molecule has 1 aliphatic rings. The van der Waals surface area contributed by atoms with Crippen molar-refractivity contribution >= 4 is 0 Å². The molecule has 0 heterocycles. The summed E-state index contributed by atoms with van der Waals surface area (Å²) in [5.74, 6) is 0.801. The van der Waals surface area contributed by atoms with Crippen LogP contribution in [0.15, 0.2) is 30.3 Å². The smallest absolute Gasteiger partial charge is 0.119 e. The van der Waals surface area contributed by atoms with Gasteiger partial charge in [-0.3, -0.25) is 0 Å². The van der Waals surface area contributed by atoms with Crippen LogP contribution in [0.2, 0.25) is 0 Å². The molecule has 21 heavy (non-hydrogen) atoms. The molecule has 2 heteroatoms. The third-order valence-corrected chi connectivity index (χ3v) is 4.81. The summed E-state index contributed by atoms with van der Waals surface area (Å²) in [5, 5.41) is 11.4. The highest BCUT2D eigenvalue weighted by Gasteiger charge is 2.39. The SMILES string of the molecule is COc1ccc2c(c1)C(O)(c1cc(C)c(C)cc1C)CC2. The minimum atomic E-state index is -0.896. The van der Waals surface area contributed by atoms with Crippen molar-refractivity contribution in [2.75, 3.05) is 7.11 Å². The van der Waals surface area contributed by atoms with Crippen LogP contribution in [-0.2, 0) is 12.0 Å². The van der Waals surface area contributed by atoms with Crippen LogP contribution in [0.4, 0.5) is 0 Å². The van der Waals surface area contributed by atoms with E-state index in [1.807, 2.05) is 12.1 Å². The molecule has 110 valence electrons. The molecule has 0 saturated carbocycles. The maximum absolute atomic E-state index is 11.4. The fourth-order valence-corrected chi connectivity index (χ4v) is 3.42. The second kappa shape index (κ2) is 4.88. The molecule has 3 rings (SSSR count). The second-order valence-electron chi connectivity index (χ2n) is 6.13. The Labute approximate surface area is 126 Å². The van der Waals surface area contributed by atoms with Gasteiger partial charge in [0.05, 0.1) is 7.11 Å². The Hall–Kier alpha value is -1.80. The summed E-state index contributed by atoms with van der Waals surface area (Å²) in [6, 6.07) is 10.3. The molecule has 1 aliphatic carbocycles. The van der Waals surface area contributed by atoms with Crippen molar-refractivity contribution in [1.29, 1.82) is 0 Å². The lowest BCUT2D eigenvalue weighted by Crippen LogP contribution is -2.25. The van der Waals surface area contributed by atoms with Crippen molar-refractivity contribution in [1.82, 2.24) is 0 Å². The predicted molar refractivity (Wildman–Crippen MR) is 85.0 cm³/mol. The molecule has 2 aromatic rings. The van der Waals surface area contributed by atoms with Gasteiger partial charge >= 0.3 is 0 Å². The number of aliphatic hydroxyl groups is 1. The van der Waals surface area contributed by atoms with Crippen LogP contribution < -0.4 is 4.74 Å². The lowest BCUT2D eigenvalue weighted by molar-refractivity contribution is 0.0820. The van der Waals surface area contributed by atoms with Crippen molar-refractivity contribution in [2.24, 2.45) is 0 Å². The average Bonchev–Trinajstić information content (AvgIpc) is 2.80. The summed E-state index contributed by atoms with van der Waals surface area (Å²) in [5.41, 5.74) is 5.98. The number of fused-ring (bicyclic) bond motifs is 1. The maximum Gasteiger partial charge on any atom is 0.119 e. The van der Waals surface area contributed by atoms with Crippen LogP contribution in [0.5, 0.6) is 5.75 Å². The first-order valence-corrected chi connectivity index (χ1v) is 7.44. The van der Waals surface area contributed by atoms with E-state index in [4.69, 9.17) is 4.74 Å². The molecule has 1 atom stereocenters. The fraction of sp³-hybridized carbons (Fsp3) is 0.368. The summed E-state index contributed by atoms with van der Waals surface area (Å²) >= 11 is 0. The van der Waals surface area contributed by atoms with Gasteiger partial charge in [0, 0.05) is 0 Å². The predicted octanol–water partition coefficient (Wildman–Crippen LogP) is 3.80. The molecule has 1 unspecified atom stereocenters. The van der Waals surface area contributed by atoms with Gasteiger partial charge in [-0.1, -0.05) is 18.2 Å². The van der Waals surface area contributed by atoms with Gasteiger partial charge in [0.1, 0.15) is 11.4 Å². The zero-order chi connectivity index (χ0) is 15.2. The van der Waals surface area contributed by atoms with Gasteiger partial charge in [-0.15, -0.1) is 0 Å². The van der Waals surface area contributed by atoms with Crippen LogP contribution >= 0.6 is 0 Å². The van der Waals surface area contributed by atoms with Gasteiger partial charge in [0.25, 0.3) is 0 Å². The zero-order valence-corrected chi connectivity index (χ0v) is 13.2. The zero-order valence-electron chi connectivity index (χ0n) is 13.2. The van der Waals surface area contributed by atoms with Crippen molar-refractivity contribution in [3.63, 3.8) is 0 Å². The number of methoxy groups -OCH3 is 1. The maximum atomic E-state index is 11.4. The molecular formula is C19H22O2. The summed E-state index contributed by atoms with van der Waals surface area (Å²) in [7, 11) is 1.66. The summed E-state index contributed by atoms with van der Waals surface area (Å²) in [4.78, 5) is 0. The van der Waals surface area contributed by atoms with Gasteiger partial charge in [-0.25, -0.2) is 0 Å². The fourth-order valence-electron chi connectivity index (χ4n) is 3.42. The second-order valence-corrected chi connectivity index (χ2v) is 6.13. The molecule has 0 aromatic heterocycles. The Balaban J connectivity index is 2.19. The minimum absolute atomic E-state index is 0.735. The third kappa shape index (κ3) is 2.14. The third-order valence-electron chi connectivity index (χ3n) is 4.81. The first-order valence-electron chi connectivity index (χ1n) is 7.44. The van der Waals surface area contributed by atoms with Crippen LogP contribution in [0.1, 0.15) is 39.8 Å². The van der Waals surface area contributed by atoms with Crippen molar-refractivity contribution in [3.8, 4) is 5.75 Å². The van der Waals surface area contributed by atoms with Crippen LogP contribution in [0, 0.1) is 20.8 Å². The summed E-state index contributed by atoms with van der Waals surface area (Å²) in [6.07, 6.45) is 1.64. The normalized spacial score (nSPS) is 20.4. The van der Waals surface area contributed by atoms with E-state index < -0.39 is 5.60 Å². The number of rotatable bonds is 2. The van der Waals surface area contributed by atoms with Crippen LogP contribution in [-0.4, -0.2) is 12.2 Å². The monoisotopic (exact) mass is 282 g/mol. The molecule has 0 spiro atoms. The molecule has 0 bridgehead atoms.